The topological polar surface area (TPSA) is 38.5 Å². The Labute approximate surface area is 117 Å². The molecule has 0 aliphatic heterocycles. The minimum absolute atomic E-state index is 0.206. The highest BCUT2D eigenvalue weighted by atomic mass is 32.1. The summed E-state index contributed by atoms with van der Waals surface area (Å²) in [4.78, 5) is 1.93. The molecule has 1 aromatic rings. The van der Waals surface area contributed by atoms with Gasteiger partial charge < -0.3 is 15.4 Å². The van der Waals surface area contributed by atoms with Crippen molar-refractivity contribution < 1.29 is 13.5 Å². The second-order valence-corrected chi connectivity index (χ2v) is 4.68. The lowest BCUT2D eigenvalue weighted by Gasteiger charge is -2.15. The van der Waals surface area contributed by atoms with Crippen molar-refractivity contribution in [2.45, 2.75) is 12.8 Å². The third kappa shape index (κ3) is 6.45. The Morgan fingerprint density at radius 1 is 1.37 bits per heavy atom. The lowest BCUT2D eigenvalue weighted by atomic mass is 10.2. The van der Waals surface area contributed by atoms with Gasteiger partial charge in [0.2, 0.25) is 0 Å². The van der Waals surface area contributed by atoms with E-state index in [2.05, 4.69) is 0 Å². The molecule has 1 aromatic carbocycles. The Hall–Kier alpha value is -1.27. The van der Waals surface area contributed by atoms with Crippen LogP contribution in [0.4, 0.5) is 8.78 Å². The van der Waals surface area contributed by atoms with Crippen LogP contribution in [0.25, 0.3) is 0 Å². The number of nitrogens with two attached hydrogens (primary N) is 1. The second kappa shape index (κ2) is 8.01. The summed E-state index contributed by atoms with van der Waals surface area (Å²) in [6.45, 7) is 0.859. The van der Waals surface area contributed by atoms with Gasteiger partial charge in [-0.15, -0.1) is 0 Å². The van der Waals surface area contributed by atoms with Crippen LogP contribution in [0, 0.1) is 0 Å². The monoisotopic (exact) mass is 288 g/mol. The Morgan fingerprint density at radius 2 is 2.00 bits per heavy atom. The van der Waals surface area contributed by atoms with Gasteiger partial charge >= 0.3 is 0 Å². The highest BCUT2D eigenvalue weighted by molar-refractivity contribution is 7.80. The van der Waals surface area contributed by atoms with Crippen molar-refractivity contribution in [2.75, 3.05) is 26.7 Å². The van der Waals surface area contributed by atoms with E-state index in [0.29, 0.717) is 24.6 Å². The molecule has 106 valence electrons. The largest absolute Gasteiger partial charge is 0.494 e. The van der Waals surface area contributed by atoms with Crippen LogP contribution < -0.4 is 10.5 Å². The minimum Gasteiger partial charge on any atom is -0.494 e. The third-order valence-corrected chi connectivity index (χ3v) is 2.78. The molecule has 3 nitrogen and oxygen atoms in total. The van der Waals surface area contributed by atoms with E-state index in [-0.39, 0.29) is 6.54 Å². The SMILES string of the molecule is CN(CCCOc1ccc(C(N)=S)cc1)CC(F)F. The molecule has 2 N–H and O–H groups in total. The van der Waals surface area contributed by atoms with E-state index >= 15 is 0 Å². The first-order valence-electron chi connectivity index (χ1n) is 5.98. The molecule has 1 rings (SSSR count). The van der Waals surface area contributed by atoms with Crippen molar-refractivity contribution in [3.05, 3.63) is 29.8 Å². The smallest absolute Gasteiger partial charge is 0.251 e. The van der Waals surface area contributed by atoms with Crippen LogP contribution in [0.1, 0.15) is 12.0 Å². The van der Waals surface area contributed by atoms with Crippen molar-refractivity contribution in [1.29, 1.82) is 0 Å². The van der Waals surface area contributed by atoms with Crippen molar-refractivity contribution in [3.8, 4) is 5.75 Å². The summed E-state index contributed by atoms with van der Waals surface area (Å²) >= 11 is 4.84. The molecule has 0 aliphatic rings. The summed E-state index contributed by atoms with van der Waals surface area (Å²) in [5.74, 6) is 0.719. The fourth-order valence-corrected chi connectivity index (χ4v) is 1.70. The lowest BCUT2D eigenvalue weighted by Crippen LogP contribution is -2.26. The molecule has 0 aromatic heterocycles. The predicted octanol–water partition coefficient (Wildman–Crippen LogP) is 2.29. The van der Waals surface area contributed by atoms with E-state index in [1.165, 1.54) is 0 Å². The maximum absolute atomic E-state index is 12.1. The molecule has 0 saturated carbocycles. The van der Waals surface area contributed by atoms with E-state index in [9.17, 15) is 8.78 Å². The zero-order valence-electron chi connectivity index (χ0n) is 10.8. The first kappa shape index (κ1) is 15.8. The second-order valence-electron chi connectivity index (χ2n) is 4.24. The van der Waals surface area contributed by atoms with Gasteiger partial charge in [-0.2, -0.15) is 0 Å². The van der Waals surface area contributed by atoms with Crippen LogP contribution in [0.3, 0.4) is 0 Å². The summed E-state index contributed by atoms with van der Waals surface area (Å²) in [5, 5.41) is 0. The number of hydrogen-bond acceptors (Lipinski definition) is 3. The average molecular weight is 288 g/mol. The molecule has 0 spiro atoms. The Morgan fingerprint density at radius 3 is 2.53 bits per heavy atom. The average Bonchev–Trinajstić information content (AvgIpc) is 2.34. The molecule has 6 heteroatoms. The highest BCUT2D eigenvalue weighted by Gasteiger charge is 2.06. The van der Waals surface area contributed by atoms with Crippen LogP contribution in [-0.4, -0.2) is 43.1 Å². The summed E-state index contributed by atoms with van der Waals surface area (Å²) in [5.41, 5.74) is 6.27. The number of alkyl halides is 2. The van der Waals surface area contributed by atoms with Crippen LogP contribution in [0.15, 0.2) is 24.3 Å². The van der Waals surface area contributed by atoms with Crippen molar-refractivity contribution >= 4 is 17.2 Å². The first-order chi connectivity index (χ1) is 8.99. The number of ether oxygens (including phenoxy) is 1. The van der Waals surface area contributed by atoms with Crippen molar-refractivity contribution in [1.82, 2.24) is 4.90 Å². The van der Waals surface area contributed by atoms with Gasteiger partial charge in [-0.05, 0) is 37.7 Å². The zero-order chi connectivity index (χ0) is 14.3. The van der Waals surface area contributed by atoms with Crippen LogP contribution >= 0.6 is 12.2 Å². The third-order valence-electron chi connectivity index (χ3n) is 2.54. The van der Waals surface area contributed by atoms with Crippen LogP contribution in [0.5, 0.6) is 5.75 Å². The maximum Gasteiger partial charge on any atom is 0.251 e. The Kier molecular flexibility index (Phi) is 6.66. The summed E-state index contributed by atoms with van der Waals surface area (Å²) < 4.78 is 29.6. The number of benzene rings is 1. The molecule has 0 saturated heterocycles. The number of hydrogen-bond donors (Lipinski definition) is 1. The number of halogens is 2. The number of thiocarbonyl (C=S) groups is 1. The van der Waals surface area contributed by atoms with Crippen molar-refractivity contribution in [2.24, 2.45) is 5.73 Å². The minimum atomic E-state index is -2.29. The molecule has 0 fully saturated rings. The Bertz CT molecular complexity index is 398. The van der Waals surface area contributed by atoms with Gasteiger partial charge in [0.1, 0.15) is 10.7 Å². The Balaban J connectivity index is 2.24. The quantitative estimate of drug-likeness (QED) is 0.588. The van der Waals surface area contributed by atoms with Gasteiger partial charge in [0.25, 0.3) is 6.43 Å². The molecular weight excluding hydrogens is 270 g/mol. The molecule has 0 unspecified atom stereocenters. The standard InChI is InChI=1S/C13H18F2N2OS/c1-17(9-12(14)15)7-2-8-18-11-5-3-10(4-6-11)13(16)19/h3-6,12H,2,7-9H2,1H3,(H2,16,19). The van der Waals surface area contributed by atoms with E-state index in [1.54, 1.807) is 36.2 Å². The van der Waals surface area contributed by atoms with Gasteiger partial charge in [0.05, 0.1) is 13.2 Å². The van der Waals surface area contributed by atoms with Crippen LogP contribution in [0.2, 0.25) is 0 Å². The van der Waals surface area contributed by atoms with Gasteiger partial charge in [-0.1, -0.05) is 12.2 Å². The van der Waals surface area contributed by atoms with E-state index in [0.717, 1.165) is 11.3 Å². The molecule has 0 aliphatic carbocycles. The van der Waals surface area contributed by atoms with Gasteiger partial charge in [-0.25, -0.2) is 8.78 Å². The first-order valence-corrected chi connectivity index (χ1v) is 6.39. The maximum atomic E-state index is 12.1. The normalized spacial score (nSPS) is 11.0. The fraction of sp³-hybridized carbons (Fsp3) is 0.462. The highest BCUT2D eigenvalue weighted by Crippen LogP contribution is 2.12. The summed E-state index contributed by atoms with van der Waals surface area (Å²) in [6, 6.07) is 7.16. The van der Waals surface area contributed by atoms with E-state index in [4.69, 9.17) is 22.7 Å². The molecule has 0 heterocycles. The summed E-state index contributed by atoms with van der Waals surface area (Å²) in [7, 11) is 1.67. The molecule has 0 atom stereocenters. The summed E-state index contributed by atoms with van der Waals surface area (Å²) in [6.07, 6.45) is -1.60. The van der Waals surface area contributed by atoms with Gasteiger partial charge in [0, 0.05) is 12.1 Å². The van der Waals surface area contributed by atoms with Crippen molar-refractivity contribution in [3.63, 3.8) is 0 Å². The number of nitrogens with zero attached hydrogens (tertiary/aromatic N) is 1. The van der Waals surface area contributed by atoms with Gasteiger partial charge in [0.15, 0.2) is 0 Å². The fourth-order valence-electron chi connectivity index (χ4n) is 1.57. The molecule has 0 radical (unpaired) electrons. The van der Waals surface area contributed by atoms with Gasteiger partial charge in [-0.3, -0.25) is 0 Å². The lowest BCUT2D eigenvalue weighted by molar-refractivity contribution is 0.0977. The molecule has 19 heavy (non-hydrogen) atoms. The van der Waals surface area contributed by atoms with E-state index in [1.807, 2.05) is 0 Å². The van der Waals surface area contributed by atoms with Crippen LogP contribution in [-0.2, 0) is 0 Å². The molecule has 0 bridgehead atoms. The van der Waals surface area contributed by atoms with E-state index < -0.39 is 6.43 Å². The molecular formula is C13H18F2N2OS. The predicted molar refractivity (Wildman–Crippen MR) is 75.9 cm³/mol. The number of rotatable bonds is 8. The zero-order valence-corrected chi connectivity index (χ0v) is 11.6. The molecule has 0 amide bonds.